The molecule has 0 unspecified atom stereocenters. The van der Waals surface area contributed by atoms with Crippen LogP contribution in [0.25, 0.3) is 0 Å². The Labute approximate surface area is 160 Å². The largest absolute Gasteiger partial charge is 0.493 e. The highest BCUT2D eigenvalue weighted by atomic mass is 16.5. The van der Waals surface area contributed by atoms with Gasteiger partial charge in [0.25, 0.3) is 5.91 Å². The van der Waals surface area contributed by atoms with Gasteiger partial charge in [-0.1, -0.05) is 0 Å². The second kappa shape index (κ2) is 9.94. The second-order valence-corrected chi connectivity index (χ2v) is 6.81. The molecule has 7 heteroatoms. The molecule has 0 radical (unpaired) electrons. The number of benzene rings is 1. The summed E-state index contributed by atoms with van der Waals surface area (Å²) in [6.45, 7) is 3.38. The number of amides is 2. The van der Waals surface area contributed by atoms with E-state index in [9.17, 15) is 14.4 Å². The Bertz CT molecular complexity index is 681. The second-order valence-electron chi connectivity index (χ2n) is 6.81. The van der Waals surface area contributed by atoms with Crippen molar-refractivity contribution in [3.05, 3.63) is 23.8 Å². The van der Waals surface area contributed by atoms with Crippen LogP contribution in [-0.4, -0.2) is 56.4 Å². The summed E-state index contributed by atoms with van der Waals surface area (Å²) < 4.78 is 10.5. The van der Waals surface area contributed by atoms with Crippen molar-refractivity contribution in [2.75, 3.05) is 33.9 Å². The summed E-state index contributed by atoms with van der Waals surface area (Å²) in [5, 5.41) is 2.89. The maximum absolute atomic E-state index is 12.7. The Morgan fingerprint density at radius 3 is 2.33 bits per heavy atom. The van der Waals surface area contributed by atoms with E-state index >= 15 is 0 Å². The third-order valence-electron chi connectivity index (χ3n) is 4.82. The molecule has 2 amide bonds. The molecule has 0 bridgehead atoms. The van der Waals surface area contributed by atoms with E-state index < -0.39 is 0 Å². The number of rotatable bonds is 8. The van der Waals surface area contributed by atoms with Crippen molar-refractivity contribution in [2.24, 2.45) is 5.92 Å². The summed E-state index contributed by atoms with van der Waals surface area (Å²) in [6, 6.07) is 5.17. The summed E-state index contributed by atoms with van der Waals surface area (Å²) >= 11 is 0. The van der Waals surface area contributed by atoms with Crippen LogP contribution in [0.4, 0.5) is 0 Å². The first-order valence-corrected chi connectivity index (χ1v) is 9.22. The van der Waals surface area contributed by atoms with Crippen LogP contribution in [0.3, 0.4) is 0 Å². The van der Waals surface area contributed by atoms with Gasteiger partial charge >= 0.3 is 0 Å². The van der Waals surface area contributed by atoms with Gasteiger partial charge in [0, 0.05) is 38.0 Å². The molecule has 1 aromatic carbocycles. The van der Waals surface area contributed by atoms with Gasteiger partial charge in [-0.05, 0) is 43.9 Å². The van der Waals surface area contributed by atoms with Gasteiger partial charge in [-0.2, -0.15) is 0 Å². The molecule has 1 aliphatic heterocycles. The molecule has 2 rings (SSSR count). The van der Waals surface area contributed by atoms with E-state index in [1.54, 1.807) is 32.4 Å². The number of carbonyl (C=O) groups is 3. The van der Waals surface area contributed by atoms with E-state index in [2.05, 4.69) is 5.32 Å². The van der Waals surface area contributed by atoms with Crippen LogP contribution in [0, 0.1) is 5.92 Å². The molecule has 1 saturated heterocycles. The first kappa shape index (κ1) is 20.7. The number of hydrogen-bond acceptors (Lipinski definition) is 5. The van der Waals surface area contributed by atoms with E-state index in [1.165, 1.54) is 6.92 Å². The molecular formula is C20H28N2O5. The molecule has 0 aromatic heterocycles. The predicted octanol–water partition coefficient (Wildman–Crippen LogP) is 2.04. The molecule has 1 aromatic rings. The van der Waals surface area contributed by atoms with Crippen molar-refractivity contribution in [2.45, 2.75) is 32.6 Å². The lowest BCUT2D eigenvalue weighted by atomic mass is 9.96. The van der Waals surface area contributed by atoms with Crippen molar-refractivity contribution in [1.82, 2.24) is 10.2 Å². The molecule has 148 valence electrons. The van der Waals surface area contributed by atoms with Gasteiger partial charge in [0.2, 0.25) is 5.91 Å². The third-order valence-corrected chi connectivity index (χ3v) is 4.82. The zero-order valence-corrected chi connectivity index (χ0v) is 16.2. The van der Waals surface area contributed by atoms with Crippen molar-refractivity contribution in [3.8, 4) is 11.5 Å². The van der Waals surface area contributed by atoms with Crippen molar-refractivity contribution in [3.63, 3.8) is 0 Å². The number of carbonyl (C=O) groups excluding carboxylic acids is 3. The molecule has 0 atom stereocenters. The number of nitrogens with zero attached hydrogens (tertiary/aromatic N) is 1. The van der Waals surface area contributed by atoms with Gasteiger partial charge in [0.1, 0.15) is 5.78 Å². The highest BCUT2D eigenvalue weighted by Crippen LogP contribution is 2.28. The molecule has 1 heterocycles. The number of likely N-dealkylation sites (tertiary alicyclic amines) is 1. The summed E-state index contributed by atoms with van der Waals surface area (Å²) in [6.07, 6.45) is 2.20. The highest BCUT2D eigenvalue weighted by Gasteiger charge is 2.24. The Kier molecular flexibility index (Phi) is 7.64. The van der Waals surface area contributed by atoms with Gasteiger partial charge in [-0.15, -0.1) is 0 Å². The standard InChI is InChI=1S/C20H28N2O5/c1-14(23)4-7-19(24)21-13-15-8-10-22(11-9-15)20(25)16-5-6-17(26-2)18(12-16)27-3/h5-6,12,15H,4,7-11,13H2,1-3H3,(H,21,24). The molecule has 27 heavy (non-hydrogen) atoms. The Morgan fingerprint density at radius 2 is 1.74 bits per heavy atom. The van der Waals surface area contributed by atoms with Gasteiger partial charge in [0.05, 0.1) is 14.2 Å². The smallest absolute Gasteiger partial charge is 0.253 e. The molecule has 0 saturated carbocycles. The average molecular weight is 376 g/mol. The van der Waals surface area contributed by atoms with Gasteiger partial charge in [-0.25, -0.2) is 0 Å². The van der Waals surface area contributed by atoms with Crippen LogP contribution in [0.15, 0.2) is 18.2 Å². The number of Topliss-reactive ketones (excluding diaryl/α,β-unsaturated/α-hetero) is 1. The Hall–Kier alpha value is -2.57. The monoisotopic (exact) mass is 376 g/mol. The van der Waals surface area contributed by atoms with Crippen LogP contribution in [-0.2, 0) is 9.59 Å². The number of nitrogens with one attached hydrogen (secondary N) is 1. The number of ketones is 1. The van der Waals surface area contributed by atoms with Crippen LogP contribution < -0.4 is 14.8 Å². The van der Waals surface area contributed by atoms with Crippen LogP contribution >= 0.6 is 0 Å². The number of methoxy groups -OCH3 is 2. The number of piperidine rings is 1. The minimum absolute atomic E-state index is 0.0205. The normalized spacial score (nSPS) is 14.6. The quantitative estimate of drug-likeness (QED) is 0.750. The summed E-state index contributed by atoms with van der Waals surface area (Å²) in [5.74, 6) is 1.38. The fourth-order valence-electron chi connectivity index (χ4n) is 3.13. The minimum atomic E-state index is -0.0889. The fraction of sp³-hybridized carbons (Fsp3) is 0.550. The molecule has 0 spiro atoms. The maximum Gasteiger partial charge on any atom is 0.253 e. The lowest BCUT2D eigenvalue weighted by Crippen LogP contribution is -2.41. The van der Waals surface area contributed by atoms with E-state index in [1.807, 2.05) is 4.90 Å². The lowest BCUT2D eigenvalue weighted by Gasteiger charge is -2.32. The highest BCUT2D eigenvalue weighted by molar-refractivity contribution is 5.95. The Balaban J connectivity index is 1.82. The SMILES string of the molecule is COc1ccc(C(=O)N2CCC(CNC(=O)CCC(C)=O)CC2)cc1OC. The van der Waals surface area contributed by atoms with E-state index in [0.29, 0.717) is 42.6 Å². The van der Waals surface area contributed by atoms with Gasteiger partial charge < -0.3 is 24.5 Å². The zero-order valence-electron chi connectivity index (χ0n) is 16.2. The first-order chi connectivity index (χ1) is 12.9. The molecular weight excluding hydrogens is 348 g/mol. The van der Waals surface area contributed by atoms with Crippen LogP contribution in [0.5, 0.6) is 11.5 Å². The lowest BCUT2D eigenvalue weighted by molar-refractivity contribution is -0.124. The summed E-state index contributed by atoms with van der Waals surface area (Å²) in [7, 11) is 3.10. The summed E-state index contributed by atoms with van der Waals surface area (Å²) in [5.41, 5.74) is 0.573. The predicted molar refractivity (Wildman–Crippen MR) is 101 cm³/mol. The van der Waals surface area contributed by atoms with Crippen molar-refractivity contribution in [1.29, 1.82) is 0 Å². The average Bonchev–Trinajstić information content (AvgIpc) is 2.69. The van der Waals surface area contributed by atoms with E-state index in [4.69, 9.17) is 9.47 Å². The van der Waals surface area contributed by atoms with Gasteiger partial charge in [0.15, 0.2) is 11.5 Å². The molecule has 1 aliphatic rings. The summed E-state index contributed by atoms with van der Waals surface area (Å²) in [4.78, 5) is 37.2. The topological polar surface area (TPSA) is 84.9 Å². The molecule has 1 fully saturated rings. The van der Waals surface area contributed by atoms with Crippen molar-refractivity contribution >= 4 is 17.6 Å². The number of hydrogen-bond donors (Lipinski definition) is 1. The maximum atomic E-state index is 12.7. The number of ether oxygens (including phenoxy) is 2. The molecule has 7 nitrogen and oxygen atoms in total. The van der Waals surface area contributed by atoms with E-state index in [0.717, 1.165) is 12.8 Å². The first-order valence-electron chi connectivity index (χ1n) is 9.22. The molecule has 0 aliphatic carbocycles. The fourth-order valence-corrected chi connectivity index (χ4v) is 3.13. The zero-order chi connectivity index (χ0) is 19.8. The Morgan fingerprint density at radius 1 is 1.07 bits per heavy atom. The van der Waals surface area contributed by atoms with Crippen molar-refractivity contribution < 1.29 is 23.9 Å². The van der Waals surface area contributed by atoms with E-state index in [-0.39, 0.29) is 30.4 Å². The third kappa shape index (κ3) is 5.98. The van der Waals surface area contributed by atoms with Crippen LogP contribution in [0.2, 0.25) is 0 Å². The minimum Gasteiger partial charge on any atom is -0.493 e. The van der Waals surface area contributed by atoms with Gasteiger partial charge in [-0.3, -0.25) is 9.59 Å². The molecule has 1 N–H and O–H groups in total. The van der Waals surface area contributed by atoms with Crippen LogP contribution in [0.1, 0.15) is 43.0 Å².